The number of nitrogens with zero attached hydrogens (tertiary/aromatic N) is 1. The molecule has 5 nitrogen and oxygen atoms in total. The number of hydrogen-bond donors (Lipinski definition) is 1. The zero-order valence-corrected chi connectivity index (χ0v) is 10.8. The first kappa shape index (κ1) is 12.4. The van der Waals surface area contributed by atoms with E-state index in [1.165, 1.54) is 12.1 Å². The second-order valence-corrected chi connectivity index (χ2v) is 4.40. The number of nitrogens with two attached hydrogens (primary N) is 1. The van der Waals surface area contributed by atoms with E-state index in [0.717, 1.165) is 0 Å². The van der Waals surface area contributed by atoms with Crippen LogP contribution in [0.3, 0.4) is 0 Å². The van der Waals surface area contributed by atoms with Crippen LogP contribution in [0.25, 0.3) is 0 Å². The Kier molecular flexibility index (Phi) is 3.47. The number of non-ortho nitro benzene ring substituents is 1. The number of nitrogen functional groups attached to an aromatic ring is 1. The molecule has 0 spiro atoms. The Balaban J connectivity index is 2.24. The van der Waals surface area contributed by atoms with E-state index in [1.807, 2.05) is 0 Å². The summed E-state index contributed by atoms with van der Waals surface area (Å²) in [6, 6.07) is 11.2. The second-order valence-electron chi connectivity index (χ2n) is 3.54. The predicted molar refractivity (Wildman–Crippen MR) is 71.7 cm³/mol. The number of nitro benzene ring substituents is 1. The van der Waals surface area contributed by atoms with Gasteiger partial charge in [-0.2, -0.15) is 0 Å². The molecule has 2 N–H and O–H groups in total. The van der Waals surface area contributed by atoms with Gasteiger partial charge in [-0.05, 0) is 46.3 Å². The summed E-state index contributed by atoms with van der Waals surface area (Å²) in [7, 11) is 0. The van der Waals surface area contributed by atoms with Gasteiger partial charge >= 0.3 is 0 Å². The quantitative estimate of drug-likeness (QED) is 0.532. The lowest BCUT2D eigenvalue weighted by atomic mass is 10.3. The van der Waals surface area contributed by atoms with Crippen molar-refractivity contribution in [3.63, 3.8) is 0 Å². The molecule has 0 fully saturated rings. The highest BCUT2D eigenvalue weighted by molar-refractivity contribution is 9.10. The lowest BCUT2D eigenvalue weighted by molar-refractivity contribution is -0.384. The number of hydrogen-bond acceptors (Lipinski definition) is 4. The summed E-state index contributed by atoms with van der Waals surface area (Å²) < 4.78 is 6.10. The van der Waals surface area contributed by atoms with E-state index < -0.39 is 4.92 Å². The van der Waals surface area contributed by atoms with Crippen molar-refractivity contribution in [3.05, 3.63) is 57.1 Å². The fraction of sp³-hybridized carbons (Fsp3) is 0. The summed E-state index contributed by atoms with van der Waals surface area (Å²) in [6.45, 7) is 0. The van der Waals surface area contributed by atoms with Crippen LogP contribution >= 0.6 is 15.9 Å². The molecular formula is C12H9BrN2O3. The van der Waals surface area contributed by atoms with Crippen LogP contribution in [0.5, 0.6) is 11.5 Å². The normalized spacial score (nSPS) is 10.1. The van der Waals surface area contributed by atoms with Crippen LogP contribution in [0.1, 0.15) is 0 Å². The van der Waals surface area contributed by atoms with E-state index in [9.17, 15) is 10.1 Å². The summed E-state index contributed by atoms with van der Waals surface area (Å²) >= 11 is 3.23. The molecule has 0 aromatic heterocycles. The Labute approximate surface area is 111 Å². The first-order valence-electron chi connectivity index (χ1n) is 5.03. The first-order valence-corrected chi connectivity index (χ1v) is 5.83. The number of ether oxygens (including phenoxy) is 1. The summed E-state index contributed by atoms with van der Waals surface area (Å²) in [6.07, 6.45) is 0. The minimum Gasteiger partial charge on any atom is -0.456 e. The monoisotopic (exact) mass is 308 g/mol. The molecule has 0 saturated heterocycles. The average molecular weight is 309 g/mol. The first-order chi connectivity index (χ1) is 8.56. The molecular weight excluding hydrogens is 300 g/mol. The third kappa shape index (κ3) is 2.78. The molecule has 0 atom stereocenters. The van der Waals surface area contributed by atoms with Crippen LogP contribution in [-0.4, -0.2) is 4.92 Å². The van der Waals surface area contributed by atoms with Crippen molar-refractivity contribution >= 4 is 27.3 Å². The largest absolute Gasteiger partial charge is 0.456 e. The molecule has 6 heteroatoms. The minimum atomic E-state index is -0.461. The molecule has 0 aliphatic carbocycles. The van der Waals surface area contributed by atoms with Gasteiger partial charge in [-0.3, -0.25) is 10.1 Å². The zero-order valence-electron chi connectivity index (χ0n) is 9.17. The molecule has 0 unspecified atom stereocenters. The van der Waals surface area contributed by atoms with Gasteiger partial charge in [-0.25, -0.2) is 0 Å². The molecule has 18 heavy (non-hydrogen) atoms. The Morgan fingerprint density at radius 3 is 2.39 bits per heavy atom. The highest BCUT2D eigenvalue weighted by Crippen LogP contribution is 2.32. The van der Waals surface area contributed by atoms with Crippen LogP contribution < -0.4 is 10.5 Å². The van der Waals surface area contributed by atoms with E-state index in [0.29, 0.717) is 21.7 Å². The van der Waals surface area contributed by atoms with Crippen molar-refractivity contribution in [3.8, 4) is 11.5 Å². The van der Waals surface area contributed by atoms with Crippen LogP contribution in [-0.2, 0) is 0 Å². The zero-order chi connectivity index (χ0) is 13.1. The van der Waals surface area contributed by atoms with E-state index in [1.54, 1.807) is 30.3 Å². The Morgan fingerprint density at radius 1 is 1.17 bits per heavy atom. The number of nitro groups is 1. The maximum Gasteiger partial charge on any atom is 0.270 e. The van der Waals surface area contributed by atoms with Gasteiger partial charge in [-0.15, -0.1) is 0 Å². The van der Waals surface area contributed by atoms with Crippen LogP contribution in [0.15, 0.2) is 46.9 Å². The highest BCUT2D eigenvalue weighted by atomic mass is 79.9. The van der Waals surface area contributed by atoms with Crippen molar-refractivity contribution in [2.24, 2.45) is 0 Å². The molecule has 0 heterocycles. The summed E-state index contributed by atoms with van der Waals surface area (Å²) in [5, 5.41) is 10.6. The fourth-order valence-corrected chi connectivity index (χ4v) is 1.80. The van der Waals surface area contributed by atoms with Gasteiger partial charge in [0, 0.05) is 17.8 Å². The van der Waals surface area contributed by atoms with Crippen molar-refractivity contribution in [2.75, 3.05) is 5.73 Å². The molecule has 2 aromatic rings. The van der Waals surface area contributed by atoms with Gasteiger partial charge in [0.05, 0.1) is 9.40 Å². The van der Waals surface area contributed by atoms with Crippen molar-refractivity contribution in [2.45, 2.75) is 0 Å². The van der Waals surface area contributed by atoms with Gasteiger partial charge in [0.2, 0.25) is 0 Å². The lowest BCUT2D eigenvalue weighted by Gasteiger charge is -2.07. The van der Waals surface area contributed by atoms with E-state index in [4.69, 9.17) is 10.5 Å². The second kappa shape index (κ2) is 5.05. The number of anilines is 1. The number of rotatable bonds is 3. The summed E-state index contributed by atoms with van der Waals surface area (Å²) in [5.41, 5.74) is 6.21. The molecule has 2 aromatic carbocycles. The molecule has 0 amide bonds. The van der Waals surface area contributed by atoms with Gasteiger partial charge in [0.15, 0.2) is 0 Å². The Morgan fingerprint density at radius 2 is 1.83 bits per heavy atom. The predicted octanol–water partition coefficient (Wildman–Crippen LogP) is 3.73. The summed E-state index contributed by atoms with van der Waals surface area (Å²) in [5.74, 6) is 1.11. The number of halogens is 1. The van der Waals surface area contributed by atoms with Crippen molar-refractivity contribution in [1.82, 2.24) is 0 Å². The SMILES string of the molecule is Nc1ccc(Oc2ccc([N+](=O)[O-])cc2Br)cc1. The minimum absolute atomic E-state index is 0.00605. The topological polar surface area (TPSA) is 78.4 Å². The smallest absolute Gasteiger partial charge is 0.270 e. The van der Waals surface area contributed by atoms with Crippen molar-refractivity contribution < 1.29 is 9.66 Å². The van der Waals surface area contributed by atoms with Gasteiger partial charge < -0.3 is 10.5 Å². The third-order valence-corrected chi connectivity index (χ3v) is 2.85. The maximum absolute atomic E-state index is 10.6. The van der Waals surface area contributed by atoms with Gasteiger partial charge in [-0.1, -0.05) is 0 Å². The standard InChI is InChI=1S/C12H9BrN2O3/c13-11-7-9(15(16)17)3-6-12(11)18-10-4-1-8(14)2-5-10/h1-7H,14H2. The third-order valence-electron chi connectivity index (χ3n) is 2.23. The van der Waals surface area contributed by atoms with Gasteiger partial charge in [0.25, 0.3) is 5.69 Å². The number of benzene rings is 2. The molecule has 0 bridgehead atoms. The maximum atomic E-state index is 10.6. The Hall–Kier alpha value is -2.08. The van der Waals surface area contributed by atoms with E-state index in [2.05, 4.69) is 15.9 Å². The molecule has 92 valence electrons. The Bertz CT molecular complexity index is 584. The molecule has 0 saturated carbocycles. The van der Waals surface area contributed by atoms with E-state index >= 15 is 0 Å². The van der Waals surface area contributed by atoms with Crippen LogP contribution in [0.4, 0.5) is 11.4 Å². The molecule has 0 aliphatic heterocycles. The van der Waals surface area contributed by atoms with Crippen LogP contribution in [0, 0.1) is 10.1 Å². The molecule has 0 aliphatic rings. The van der Waals surface area contributed by atoms with Crippen LogP contribution in [0.2, 0.25) is 0 Å². The highest BCUT2D eigenvalue weighted by Gasteiger charge is 2.10. The fourth-order valence-electron chi connectivity index (χ4n) is 1.35. The summed E-state index contributed by atoms with van der Waals surface area (Å²) in [4.78, 5) is 10.1. The van der Waals surface area contributed by atoms with Crippen molar-refractivity contribution in [1.29, 1.82) is 0 Å². The van der Waals surface area contributed by atoms with Gasteiger partial charge in [0.1, 0.15) is 11.5 Å². The lowest BCUT2D eigenvalue weighted by Crippen LogP contribution is -1.90. The van der Waals surface area contributed by atoms with E-state index in [-0.39, 0.29) is 5.69 Å². The average Bonchev–Trinajstić information content (AvgIpc) is 2.34. The molecule has 2 rings (SSSR count). The molecule has 0 radical (unpaired) electrons.